The molecule has 120 valence electrons. The molecule has 3 nitrogen and oxygen atoms in total. The molecule has 0 spiro atoms. The highest BCUT2D eigenvalue weighted by molar-refractivity contribution is 5.89. The molecule has 21 heavy (non-hydrogen) atoms. The number of rotatable bonds is 9. The number of nitrogens with zero attached hydrogens (tertiary/aromatic N) is 1. The molecule has 0 atom stereocenters. The molecule has 1 aromatic rings. The number of unbranched alkanes of at least 4 members (excludes halogenated alkanes) is 1. The first-order chi connectivity index (χ1) is 9.71. The molecule has 0 saturated heterocycles. The fraction of sp³-hybridized carbons (Fsp3) is 0.588. The summed E-state index contributed by atoms with van der Waals surface area (Å²) in [7, 11) is 0. The molecule has 0 aliphatic heterocycles. The Bertz CT molecular complexity index is 388. The molecule has 0 aliphatic rings. The van der Waals surface area contributed by atoms with E-state index in [4.69, 9.17) is 4.74 Å². The van der Waals surface area contributed by atoms with Crippen molar-refractivity contribution >= 4 is 18.4 Å². The van der Waals surface area contributed by atoms with E-state index < -0.39 is 0 Å². The number of likely N-dealkylation sites (N-methyl/N-ethyl adjacent to an activating group) is 1. The van der Waals surface area contributed by atoms with Crippen LogP contribution in [0.5, 0.6) is 0 Å². The normalized spacial score (nSPS) is 10.3. The van der Waals surface area contributed by atoms with E-state index in [9.17, 15) is 4.79 Å². The van der Waals surface area contributed by atoms with Gasteiger partial charge in [0, 0.05) is 6.54 Å². The van der Waals surface area contributed by atoms with E-state index in [1.165, 1.54) is 18.4 Å². The van der Waals surface area contributed by atoms with Crippen LogP contribution < -0.4 is 0 Å². The largest absolute Gasteiger partial charge is 0.461 e. The van der Waals surface area contributed by atoms with Crippen LogP contribution in [0.3, 0.4) is 0 Å². The van der Waals surface area contributed by atoms with Gasteiger partial charge in [-0.2, -0.15) is 0 Å². The molecule has 4 heteroatoms. The van der Waals surface area contributed by atoms with Gasteiger partial charge in [-0.1, -0.05) is 39.3 Å². The van der Waals surface area contributed by atoms with E-state index in [2.05, 4.69) is 25.7 Å². The Morgan fingerprint density at radius 2 is 1.71 bits per heavy atom. The number of hydrogen-bond acceptors (Lipinski definition) is 3. The summed E-state index contributed by atoms with van der Waals surface area (Å²) in [4.78, 5) is 14.1. The third-order valence-electron chi connectivity index (χ3n) is 3.54. The zero-order valence-corrected chi connectivity index (χ0v) is 14.2. The summed E-state index contributed by atoms with van der Waals surface area (Å²) in [5.41, 5.74) is 1.93. The van der Waals surface area contributed by atoms with E-state index in [0.717, 1.165) is 26.1 Å². The standard InChI is InChI=1S/C17H27NO2.ClH/c1-4-7-8-15-9-11-16(12-10-15)17(19)20-14-13-18(5-2)6-3;/h9-12H,4-8,13-14H2,1-3H3;1H. The fourth-order valence-electron chi connectivity index (χ4n) is 2.08. The first-order valence-corrected chi connectivity index (χ1v) is 7.69. The third-order valence-corrected chi connectivity index (χ3v) is 3.54. The highest BCUT2D eigenvalue weighted by Crippen LogP contribution is 2.09. The summed E-state index contributed by atoms with van der Waals surface area (Å²) < 4.78 is 5.30. The molecule has 0 heterocycles. The molecular formula is C17H28ClNO2. The SMILES string of the molecule is CCCCc1ccc(C(=O)OCCN(CC)CC)cc1.Cl. The third kappa shape index (κ3) is 7.49. The number of benzene rings is 1. The van der Waals surface area contributed by atoms with Crippen molar-refractivity contribution in [2.75, 3.05) is 26.2 Å². The van der Waals surface area contributed by atoms with Gasteiger partial charge in [0.25, 0.3) is 0 Å². The molecule has 0 bridgehead atoms. The average molecular weight is 314 g/mol. The fourth-order valence-corrected chi connectivity index (χ4v) is 2.08. The molecule has 0 fully saturated rings. The first kappa shape index (κ1) is 19.9. The maximum Gasteiger partial charge on any atom is 0.338 e. The summed E-state index contributed by atoms with van der Waals surface area (Å²) in [5, 5.41) is 0. The molecule has 0 aliphatic carbocycles. The quantitative estimate of drug-likeness (QED) is 0.646. The maximum absolute atomic E-state index is 11.9. The number of halogens is 1. The maximum atomic E-state index is 11.9. The van der Waals surface area contributed by atoms with E-state index in [0.29, 0.717) is 12.2 Å². The van der Waals surface area contributed by atoms with Crippen LogP contribution in [0.2, 0.25) is 0 Å². The average Bonchev–Trinajstić information content (AvgIpc) is 2.50. The van der Waals surface area contributed by atoms with Crippen molar-refractivity contribution in [3.8, 4) is 0 Å². The lowest BCUT2D eigenvalue weighted by Gasteiger charge is -2.17. The Hall–Kier alpha value is -1.06. The van der Waals surface area contributed by atoms with Crippen molar-refractivity contribution in [3.63, 3.8) is 0 Å². The topological polar surface area (TPSA) is 29.5 Å². The molecule has 1 aromatic carbocycles. The van der Waals surface area contributed by atoms with E-state index in [1.807, 2.05) is 24.3 Å². The highest BCUT2D eigenvalue weighted by atomic mass is 35.5. The van der Waals surface area contributed by atoms with Crippen LogP contribution in [0.15, 0.2) is 24.3 Å². The summed E-state index contributed by atoms with van der Waals surface area (Å²) in [6, 6.07) is 7.78. The second-order valence-electron chi connectivity index (χ2n) is 4.96. The van der Waals surface area contributed by atoms with Crippen LogP contribution in [-0.4, -0.2) is 37.1 Å². The van der Waals surface area contributed by atoms with Crippen molar-refractivity contribution in [3.05, 3.63) is 35.4 Å². The van der Waals surface area contributed by atoms with Crippen LogP contribution >= 0.6 is 12.4 Å². The second kappa shape index (κ2) is 11.6. The molecule has 0 N–H and O–H groups in total. The summed E-state index contributed by atoms with van der Waals surface area (Å²) >= 11 is 0. The van der Waals surface area contributed by atoms with Crippen molar-refractivity contribution in [2.24, 2.45) is 0 Å². The summed E-state index contributed by atoms with van der Waals surface area (Å²) in [6.45, 7) is 9.63. The predicted molar refractivity (Wildman–Crippen MR) is 90.4 cm³/mol. The Kier molecular flexibility index (Phi) is 11.0. The van der Waals surface area contributed by atoms with Gasteiger partial charge in [0.2, 0.25) is 0 Å². The van der Waals surface area contributed by atoms with E-state index >= 15 is 0 Å². The van der Waals surface area contributed by atoms with Gasteiger partial charge in [-0.3, -0.25) is 0 Å². The molecule has 1 rings (SSSR count). The Morgan fingerprint density at radius 1 is 1.10 bits per heavy atom. The van der Waals surface area contributed by atoms with Crippen LogP contribution in [-0.2, 0) is 11.2 Å². The molecular weight excluding hydrogens is 286 g/mol. The lowest BCUT2D eigenvalue weighted by Crippen LogP contribution is -2.27. The van der Waals surface area contributed by atoms with Gasteiger partial charge in [-0.25, -0.2) is 4.79 Å². The van der Waals surface area contributed by atoms with Crippen molar-refractivity contribution < 1.29 is 9.53 Å². The molecule has 0 saturated carbocycles. The molecule has 0 amide bonds. The second-order valence-corrected chi connectivity index (χ2v) is 4.96. The van der Waals surface area contributed by atoms with Gasteiger partial charge in [0.1, 0.15) is 6.61 Å². The van der Waals surface area contributed by atoms with Crippen molar-refractivity contribution in [2.45, 2.75) is 40.0 Å². The Labute approximate surface area is 135 Å². The van der Waals surface area contributed by atoms with Crippen molar-refractivity contribution in [1.82, 2.24) is 4.90 Å². The number of aryl methyl sites for hydroxylation is 1. The van der Waals surface area contributed by atoms with E-state index in [-0.39, 0.29) is 18.4 Å². The first-order valence-electron chi connectivity index (χ1n) is 7.69. The monoisotopic (exact) mass is 313 g/mol. The number of carbonyl (C=O) groups excluding carboxylic acids is 1. The summed E-state index contributed by atoms with van der Waals surface area (Å²) in [5.74, 6) is -0.223. The van der Waals surface area contributed by atoms with Gasteiger partial charge < -0.3 is 9.64 Å². The lowest BCUT2D eigenvalue weighted by molar-refractivity contribution is 0.0466. The minimum atomic E-state index is -0.223. The predicted octanol–water partition coefficient (Wildman–Crippen LogP) is 3.95. The molecule has 0 radical (unpaired) electrons. The zero-order chi connectivity index (χ0) is 14.8. The minimum Gasteiger partial charge on any atom is -0.461 e. The number of esters is 1. The van der Waals surface area contributed by atoms with Gasteiger partial charge in [-0.15, -0.1) is 12.4 Å². The van der Waals surface area contributed by atoms with Crippen LogP contribution in [0.4, 0.5) is 0 Å². The highest BCUT2D eigenvalue weighted by Gasteiger charge is 2.07. The Balaban J connectivity index is 0.00000400. The van der Waals surface area contributed by atoms with Gasteiger partial charge in [0.15, 0.2) is 0 Å². The smallest absolute Gasteiger partial charge is 0.338 e. The Morgan fingerprint density at radius 3 is 2.24 bits per heavy atom. The molecule has 0 aromatic heterocycles. The lowest BCUT2D eigenvalue weighted by atomic mass is 10.1. The van der Waals surface area contributed by atoms with Gasteiger partial charge in [0.05, 0.1) is 5.56 Å². The zero-order valence-electron chi connectivity index (χ0n) is 13.4. The van der Waals surface area contributed by atoms with Crippen molar-refractivity contribution in [1.29, 1.82) is 0 Å². The van der Waals surface area contributed by atoms with Gasteiger partial charge >= 0.3 is 5.97 Å². The van der Waals surface area contributed by atoms with Gasteiger partial charge in [-0.05, 0) is 43.6 Å². The van der Waals surface area contributed by atoms with Crippen LogP contribution in [0, 0.1) is 0 Å². The number of carbonyl (C=O) groups is 1. The molecule has 0 unspecified atom stereocenters. The van der Waals surface area contributed by atoms with E-state index in [1.54, 1.807) is 0 Å². The number of ether oxygens (including phenoxy) is 1. The number of hydrogen-bond donors (Lipinski definition) is 0. The van der Waals surface area contributed by atoms with Crippen LogP contribution in [0.1, 0.15) is 49.5 Å². The minimum absolute atomic E-state index is 0. The summed E-state index contributed by atoms with van der Waals surface area (Å²) in [6.07, 6.45) is 3.45. The van der Waals surface area contributed by atoms with Crippen LogP contribution in [0.25, 0.3) is 0 Å².